The van der Waals surface area contributed by atoms with E-state index in [2.05, 4.69) is 34.1 Å². The van der Waals surface area contributed by atoms with Gasteiger partial charge in [0.25, 0.3) is 0 Å². The van der Waals surface area contributed by atoms with Crippen LogP contribution in [0.3, 0.4) is 0 Å². The molecule has 108 valence electrons. The molecule has 0 aliphatic rings. The Bertz CT molecular complexity index is 551. The Morgan fingerprint density at radius 1 is 1.35 bits per heavy atom. The van der Waals surface area contributed by atoms with Crippen LogP contribution in [0.4, 0.5) is 0 Å². The van der Waals surface area contributed by atoms with Crippen LogP contribution in [0, 0.1) is 6.92 Å². The van der Waals surface area contributed by atoms with E-state index >= 15 is 0 Å². The van der Waals surface area contributed by atoms with Crippen molar-refractivity contribution in [2.24, 2.45) is 0 Å². The van der Waals surface area contributed by atoms with Gasteiger partial charge >= 0.3 is 0 Å². The molecule has 2 rings (SSSR count). The molecule has 0 atom stereocenters. The maximum atomic E-state index is 6.14. The van der Waals surface area contributed by atoms with Crippen molar-refractivity contribution in [3.8, 4) is 0 Å². The van der Waals surface area contributed by atoms with Crippen LogP contribution in [-0.2, 0) is 19.5 Å². The summed E-state index contributed by atoms with van der Waals surface area (Å²) in [7, 11) is 0. The SMILES string of the molecule is CCCCc1nc(Cl)c(CNCc2ccncc2C)[nH]1. The second kappa shape index (κ2) is 7.41. The number of aromatic nitrogens is 3. The van der Waals surface area contributed by atoms with E-state index in [9.17, 15) is 0 Å². The van der Waals surface area contributed by atoms with Crippen LogP contribution >= 0.6 is 11.6 Å². The molecule has 2 heterocycles. The lowest BCUT2D eigenvalue weighted by molar-refractivity contribution is 0.675. The van der Waals surface area contributed by atoms with Crippen molar-refractivity contribution in [3.05, 3.63) is 46.3 Å². The van der Waals surface area contributed by atoms with Crippen molar-refractivity contribution < 1.29 is 0 Å². The molecule has 5 heteroatoms. The molecule has 2 N–H and O–H groups in total. The highest BCUT2D eigenvalue weighted by Crippen LogP contribution is 2.14. The van der Waals surface area contributed by atoms with Crippen molar-refractivity contribution in [1.82, 2.24) is 20.3 Å². The number of hydrogen-bond acceptors (Lipinski definition) is 3. The summed E-state index contributed by atoms with van der Waals surface area (Å²) in [6.07, 6.45) is 6.94. The Morgan fingerprint density at radius 2 is 2.20 bits per heavy atom. The van der Waals surface area contributed by atoms with Crippen molar-refractivity contribution in [2.45, 2.75) is 46.2 Å². The fourth-order valence-corrected chi connectivity index (χ4v) is 2.26. The number of imidazole rings is 1. The molecule has 0 saturated heterocycles. The van der Waals surface area contributed by atoms with Gasteiger partial charge in [0.15, 0.2) is 5.15 Å². The van der Waals surface area contributed by atoms with Crippen LogP contribution in [0.25, 0.3) is 0 Å². The van der Waals surface area contributed by atoms with Gasteiger partial charge in [-0.05, 0) is 30.5 Å². The number of nitrogens with one attached hydrogen (secondary N) is 2. The third-order valence-electron chi connectivity index (χ3n) is 3.30. The van der Waals surface area contributed by atoms with E-state index in [0.717, 1.165) is 37.3 Å². The standard InChI is InChI=1S/C15H21ClN4/c1-3-4-5-14-19-13(15(16)20-14)10-18-9-12-6-7-17-8-11(12)2/h6-8,18H,3-5,9-10H2,1-2H3,(H,19,20). The van der Waals surface area contributed by atoms with Gasteiger partial charge in [-0.3, -0.25) is 4.98 Å². The van der Waals surface area contributed by atoms with Gasteiger partial charge < -0.3 is 10.3 Å². The van der Waals surface area contributed by atoms with Gasteiger partial charge in [0.1, 0.15) is 5.82 Å². The number of pyridine rings is 1. The maximum Gasteiger partial charge on any atom is 0.151 e. The molecular weight excluding hydrogens is 272 g/mol. The normalized spacial score (nSPS) is 10.9. The van der Waals surface area contributed by atoms with Gasteiger partial charge in [-0.2, -0.15) is 0 Å². The first-order valence-electron chi connectivity index (χ1n) is 7.04. The second-order valence-electron chi connectivity index (χ2n) is 4.96. The topological polar surface area (TPSA) is 53.6 Å². The predicted molar refractivity (Wildman–Crippen MR) is 81.7 cm³/mol. The zero-order valence-corrected chi connectivity index (χ0v) is 12.8. The maximum absolute atomic E-state index is 6.14. The minimum Gasteiger partial charge on any atom is -0.344 e. The quantitative estimate of drug-likeness (QED) is 0.822. The van der Waals surface area contributed by atoms with Crippen molar-refractivity contribution in [3.63, 3.8) is 0 Å². The molecule has 2 aromatic rings. The van der Waals surface area contributed by atoms with Crippen LogP contribution in [-0.4, -0.2) is 15.0 Å². The summed E-state index contributed by atoms with van der Waals surface area (Å²) in [6, 6.07) is 2.03. The van der Waals surface area contributed by atoms with Gasteiger partial charge in [-0.1, -0.05) is 24.9 Å². The molecule has 0 unspecified atom stereocenters. The Morgan fingerprint density at radius 3 is 2.95 bits per heavy atom. The molecule has 0 spiro atoms. The van der Waals surface area contributed by atoms with Crippen LogP contribution < -0.4 is 5.32 Å². The lowest BCUT2D eigenvalue weighted by Crippen LogP contribution is -2.14. The molecule has 0 amide bonds. The smallest absolute Gasteiger partial charge is 0.151 e. The van der Waals surface area contributed by atoms with E-state index in [1.54, 1.807) is 0 Å². The Hall–Kier alpha value is -1.39. The number of rotatable bonds is 7. The highest BCUT2D eigenvalue weighted by atomic mass is 35.5. The zero-order valence-electron chi connectivity index (χ0n) is 12.0. The molecule has 20 heavy (non-hydrogen) atoms. The number of aromatic amines is 1. The summed E-state index contributed by atoms with van der Waals surface area (Å²) in [5.41, 5.74) is 3.41. The first-order chi connectivity index (χ1) is 9.70. The van der Waals surface area contributed by atoms with Gasteiger partial charge in [-0.25, -0.2) is 4.98 Å². The van der Waals surface area contributed by atoms with Gasteiger partial charge in [0, 0.05) is 31.9 Å². The molecule has 0 aliphatic heterocycles. The molecule has 0 aliphatic carbocycles. The van der Waals surface area contributed by atoms with E-state index in [1.807, 2.05) is 18.5 Å². The molecule has 0 fully saturated rings. The van der Waals surface area contributed by atoms with Crippen LogP contribution in [0.15, 0.2) is 18.5 Å². The third kappa shape index (κ3) is 4.05. The van der Waals surface area contributed by atoms with Crippen molar-refractivity contribution in [2.75, 3.05) is 0 Å². The number of hydrogen-bond donors (Lipinski definition) is 2. The van der Waals surface area contributed by atoms with Crippen LogP contribution in [0.2, 0.25) is 5.15 Å². The van der Waals surface area contributed by atoms with Gasteiger partial charge in [-0.15, -0.1) is 0 Å². The van der Waals surface area contributed by atoms with E-state index in [-0.39, 0.29) is 0 Å². The van der Waals surface area contributed by atoms with Crippen LogP contribution in [0.5, 0.6) is 0 Å². The van der Waals surface area contributed by atoms with E-state index < -0.39 is 0 Å². The number of unbranched alkanes of at least 4 members (excludes halogenated alkanes) is 1. The minimum absolute atomic E-state index is 0.579. The summed E-state index contributed by atoms with van der Waals surface area (Å²) in [5, 5.41) is 3.96. The lowest BCUT2D eigenvalue weighted by Gasteiger charge is -2.06. The minimum atomic E-state index is 0.579. The first kappa shape index (κ1) is 15.0. The lowest BCUT2D eigenvalue weighted by atomic mass is 10.1. The fraction of sp³-hybridized carbons (Fsp3) is 0.467. The molecule has 0 saturated carbocycles. The Labute approximate surface area is 125 Å². The average molecular weight is 293 g/mol. The highest BCUT2D eigenvalue weighted by Gasteiger charge is 2.07. The first-order valence-corrected chi connectivity index (χ1v) is 7.42. The largest absolute Gasteiger partial charge is 0.344 e. The molecule has 0 aromatic carbocycles. The van der Waals surface area contributed by atoms with Crippen molar-refractivity contribution in [1.29, 1.82) is 0 Å². The van der Waals surface area contributed by atoms with Crippen molar-refractivity contribution >= 4 is 11.6 Å². The van der Waals surface area contributed by atoms with E-state index in [1.165, 1.54) is 11.1 Å². The highest BCUT2D eigenvalue weighted by molar-refractivity contribution is 6.30. The Kier molecular flexibility index (Phi) is 5.56. The van der Waals surface area contributed by atoms with Crippen LogP contribution in [0.1, 0.15) is 42.4 Å². The molecule has 0 radical (unpaired) electrons. The fourth-order valence-electron chi connectivity index (χ4n) is 2.04. The molecule has 0 bridgehead atoms. The summed E-state index contributed by atoms with van der Waals surface area (Å²) in [4.78, 5) is 11.7. The number of H-pyrrole nitrogens is 1. The number of halogens is 1. The summed E-state index contributed by atoms with van der Waals surface area (Å²) in [6.45, 7) is 5.73. The number of nitrogens with zero attached hydrogens (tertiary/aromatic N) is 2. The monoisotopic (exact) mass is 292 g/mol. The zero-order chi connectivity index (χ0) is 14.4. The van der Waals surface area contributed by atoms with Gasteiger partial charge in [0.05, 0.1) is 5.69 Å². The predicted octanol–water partition coefficient (Wildman–Crippen LogP) is 3.40. The molecular formula is C15H21ClN4. The molecule has 2 aromatic heterocycles. The number of aryl methyl sites for hydroxylation is 2. The molecule has 4 nitrogen and oxygen atoms in total. The Balaban J connectivity index is 1.88. The third-order valence-corrected chi connectivity index (χ3v) is 3.61. The van der Waals surface area contributed by atoms with E-state index in [4.69, 9.17) is 11.6 Å². The summed E-state index contributed by atoms with van der Waals surface area (Å²) < 4.78 is 0. The van der Waals surface area contributed by atoms with E-state index in [0.29, 0.717) is 11.7 Å². The summed E-state index contributed by atoms with van der Waals surface area (Å²) in [5.74, 6) is 0.980. The van der Waals surface area contributed by atoms with Gasteiger partial charge in [0.2, 0.25) is 0 Å². The average Bonchev–Trinajstić information content (AvgIpc) is 2.79. The summed E-state index contributed by atoms with van der Waals surface area (Å²) >= 11 is 6.14. The second-order valence-corrected chi connectivity index (χ2v) is 5.32.